The van der Waals surface area contributed by atoms with Gasteiger partial charge in [0.05, 0.1) is 11.6 Å². The summed E-state index contributed by atoms with van der Waals surface area (Å²) in [6, 6.07) is 15.3. The number of nitrogens with two attached hydrogens (primary N) is 1. The van der Waals surface area contributed by atoms with Crippen LogP contribution in [0, 0.1) is 6.92 Å². The Labute approximate surface area is 207 Å². The minimum Gasteiger partial charge on any atom is -0.396 e. The molecule has 0 bridgehead atoms. The molecule has 4 N–H and O–H groups in total. The highest BCUT2D eigenvalue weighted by Gasteiger charge is 2.14. The molecule has 34 heavy (non-hydrogen) atoms. The molecule has 3 rings (SSSR count). The predicted octanol–water partition coefficient (Wildman–Crippen LogP) is 4.46. The van der Waals surface area contributed by atoms with Crippen molar-refractivity contribution in [2.75, 3.05) is 12.3 Å². The van der Waals surface area contributed by atoms with Crippen molar-refractivity contribution in [1.82, 2.24) is 14.9 Å². The third kappa shape index (κ3) is 6.30. The van der Waals surface area contributed by atoms with Crippen molar-refractivity contribution < 1.29 is 15.0 Å². The van der Waals surface area contributed by atoms with E-state index in [1.807, 2.05) is 36.4 Å². The lowest BCUT2D eigenvalue weighted by molar-refractivity contribution is -0.116. The van der Waals surface area contributed by atoms with Crippen LogP contribution in [0.15, 0.2) is 65.3 Å². The number of carbonyl (C=O) groups is 1. The fourth-order valence-corrected chi connectivity index (χ4v) is 4.75. The second-order valence-corrected chi connectivity index (χ2v) is 9.16. The van der Waals surface area contributed by atoms with Crippen LogP contribution in [0.5, 0.6) is 0 Å². The number of hydrogen-bond donors (Lipinski definition) is 4. The zero-order valence-electron chi connectivity index (χ0n) is 18.9. The quantitative estimate of drug-likeness (QED) is 0.197. The summed E-state index contributed by atoms with van der Waals surface area (Å²) < 4.78 is 0. The Morgan fingerprint density at radius 1 is 1.21 bits per heavy atom. The second kappa shape index (κ2) is 11.9. The van der Waals surface area contributed by atoms with E-state index in [1.165, 1.54) is 4.90 Å². The summed E-state index contributed by atoms with van der Waals surface area (Å²) in [4.78, 5) is 22.3. The topological polar surface area (TPSA) is 113 Å². The Morgan fingerprint density at radius 3 is 2.56 bits per heavy atom. The molecule has 1 aromatic heterocycles. The third-order valence-electron chi connectivity index (χ3n) is 5.24. The van der Waals surface area contributed by atoms with Crippen LogP contribution in [-0.2, 0) is 11.3 Å². The molecule has 0 aliphatic carbocycles. The second-order valence-electron chi connectivity index (χ2n) is 7.56. The molecule has 1 heterocycles. The van der Waals surface area contributed by atoms with Gasteiger partial charge >= 0.3 is 0 Å². The van der Waals surface area contributed by atoms with Crippen LogP contribution in [0.3, 0.4) is 0 Å². The van der Waals surface area contributed by atoms with Gasteiger partial charge in [0.25, 0.3) is 0 Å². The van der Waals surface area contributed by atoms with Crippen molar-refractivity contribution in [2.24, 2.45) is 0 Å². The van der Waals surface area contributed by atoms with Crippen LogP contribution in [-0.4, -0.2) is 43.1 Å². The Balaban J connectivity index is 1.93. The third-order valence-corrected chi connectivity index (χ3v) is 6.82. The number of allylic oxidation sites excluding steroid dienone is 1. The lowest BCUT2D eigenvalue weighted by atomic mass is 10.0. The minimum atomic E-state index is -0.143. The van der Waals surface area contributed by atoms with Crippen LogP contribution in [0.25, 0.3) is 11.1 Å². The molecule has 0 saturated heterocycles. The van der Waals surface area contributed by atoms with Gasteiger partial charge in [-0.15, -0.1) is 11.4 Å². The van der Waals surface area contributed by atoms with E-state index in [1.54, 1.807) is 32.2 Å². The molecule has 0 radical (unpaired) electrons. The summed E-state index contributed by atoms with van der Waals surface area (Å²) in [5.41, 5.74) is 9.61. The molecule has 0 aliphatic rings. The number of benzene rings is 2. The molecule has 0 atom stereocenters. The number of aromatic nitrogens is 2. The predicted molar refractivity (Wildman–Crippen MR) is 140 cm³/mol. The van der Waals surface area contributed by atoms with Gasteiger partial charge in [-0.05, 0) is 37.1 Å². The fourth-order valence-electron chi connectivity index (χ4n) is 3.34. The molecular weight excluding hydrogens is 472 g/mol. The Bertz CT molecular complexity index is 1230. The number of carbonyl (C=O) groups excluding carboxylic acids is 1. The maximum absolute atomic E-state index is 11.9. The van der Waals surface area contributed by atoms with E-state index in [-0.39, 0.29) is 24.6 Å². The average molecular weight is 499 g/mol. The molecule has 9 heteroatoms. The average Bonchev–Trinajstić information content (AvgIpc) is 2.83. The van der Waals surface area contributed by atoms with E-state index in [4.69, 9.17) is 17.3 Å². The number of aliphatic hydroxyl groups excluding tert-OH is 2. The lowest BCUT2D eigenvalue weighted by Gasteiger charge is -2.21. The van der Waals surface area contributed by atoms with Gasteiger partial charge in [0.15, 0.2) is 0 Å². The molecule has 0 unspecified atom stereocenters. The molecule has 178 valence electrons. The SMILES string of the molecule is C/C(=C(CCO)/[SH]=C(\O)c1ccc(-c2ccccc2)cc1Cl)N(C=O)Cc1cnc(C)nc1N. The van der Waals surface area contributed by atoms with Crippen molar-refractivity contribution in [3.8, 4) is 11.1 Å². The summed E-state index contributed by atoms with van der Waals surface area (Å²) in [7, 11) is 0. The number of halogens is 1. The first-order chi connectivity index (χ1) is 16.3. The van der Waals surface area contributed by atoms with Gasteiger partial charge in [-0.2, -0.15) is 0 Å². The number of anilines is 1. The summed E-state index contributed by atoms with van der Waals surface area (Å²) in [5.74, 6) is 0.841. The minimum absolute atomic E-state index is 0.0245. The van der Waals surface area contributed by atoms with Crippen molar-refractivity contribution in [1.29, 1.82) is 0 Å². The monoisotopic (exact) mass is 498 g/mol. The smallest absolute Gasteiger partial charge is 0.214 e. The van der Waals surface area contributed by atoms with E-state index in [0.29, 0.717) is 56.2 Å². The molecular formula is C25H27ClN4O3S. The molecule has 0 saturated carbocycles. The van der Waals surface area contributed by atoms with E-state index < -0.39 is 0 Å². The van der Waals surface area contributed by atoms with Crippen LogP contribution >= 0.6 is 23.0 Å². The number of aryl methyl sites for hydroxylation is 1. The van der Waals surface area contributed by atoms with Gasteiger partial charge < -0.3 is 20.8 Å². The molecule has 0 aliphatic heterocycles. The van der Waals surface area contributed by atoms with Gasteiger partial charge in [0, 0.05) is 41.0 Å². The van der Waals surface area contributed by atoms with Gasteiger partial charge in [-0.1, -0.05) is 48.0 Å². The highest BCUT2D eigenvalue weighted by atomic mass is 35.5. The number of rotatable bonds is 9. The Hall–Kier alpha value is -3.04. The zero-order valence-corrected chi connectivity index (χ0v) is 20.6. The van der Waals surface area contributed by atoms with E-state index in [2.05, 4.69) is 9.97 Å². The highest BCUT2D eigenvalue weighted by Crippen LogP contribution is 2.29. The van der Waals surface area contributed by atoms with Crippen molar-refractivity contribution in [3.63, 3.8) is 0 Å². The molecule has 3 aromatic rings. The molecule has 1 amide bonds. The van der Waals surface area contributed by atoms with Crippen LogP contribution in [0.4, 0.5) is 5.82 Å². The largest absolute Gasteiger partial charge is 0.396 e. The van der Waals surface area contributed by atoms with Crippen LogP contribution < -0.4 is 5.73 Å². The Kier molecular flexibility index (Phi) is 8.95. The number of hydrogen-bond acceptors (Lipinski definition) is 5. The van der Waals surface area contributed by atoms with Crippen LogP contribution in [0.1, 0.15) is 30.3 Å². The van der Waals surface area contributed by atoms with Gasteiger partial charge in [-0.25, -0.2) is 9.97 Å². The lowest BCUT2D eigenvalue weighted by Crippen LogP contribution is -2.22. The number of nitrogens with zero attached hydrogens (tertiary/aromatic N) is 3. The number of thiol groups is 1. The number of nitrogen functional groups attached to an aromatic ring is 1. The first-order valence-corrected chi connectivity index (χ1v) is 11.8. The number of aliphatic hydroxyl groups is 2. The molecule has 0 spiro atoms. The summed E-state index contributed by atoms with van der Waals surface area (Å²) in [5, 5.41) is 20.9. The number of amides is 1. The van der Waals surface area contributed by atoms with Gasteiger partial charge in [-0.3, -0.25) is 4.79 Å². The Morgan fingerprint density at radius 2 is 1.94 bits per heavy atom. The zero-order chi connectivity index (χ0) is 24.7. The summed E-state index contributed by atoms with van der Waals surface area (Å²) in [6.45, 7) is 3.51. The van der Waals surface area contributed by atoms with E-state index in [0.717, 1.165) is 11.1 Å². The fraction of sp³-hybridized carbons (Fsp3) is 0.200. The normalized spacial score (nSPS) is 12.6. The van der Waals surface area contributed by atoms with E-state index in [9.17, 15) is 15.0 Å². The maximum atomic E-state index is 11.9. The molecule has 7 nitrogen and oxygen atoms in total. The van der Waals surface area contributed by atoms with Crippen molar-refractivity contribution in [3.05, 3.63) is 87.3 Å². The van der Waals surface area contributed by atoms with Crippen molar-refractivity contribution in [2.45, 2.75) is 26.8 Å². The van der Waals surface area contributed by atoms with Gasteiger partial charge in [0.2, 0.25) is 6.41 Å². The summed E-state index contributed by atoms with van der Waals surface area (Å²) >= 11 is 6.93. The van der Waals surface area contributed by atoms with E-state index >= 15 is 0 Å². The van der Waals surface area contributed by atoms with Gasteiger partial charge in [0.1, 0.15) is 16.7 Å². The van der Waals surface area contributed by atoms with Crippen LogP contribution in [0.2, 0.25) is 5.02 Å². The first kappa shape index (κ1) is 25.6. The highest BCUT2D eigenvalue weighted by molar-refractivity contribution is 8.02. The van der Waals surface area contributed by atoms with Crippen molar-refractivity contribution >= 4 is 40.2 Å². The first-order valence-electron chi connectivity index (χ1n) is 10.6. The molecule has 2 aromatic carbocycles. The maximum Gasteiger partial charge on any atom is 0.214 e. The summed E-state index contributed by atoms with van der Waals surface area (Å²) in [6.07, 6.45) is 2.53. The standard InChI is InChI=1S/C25H27ClN4O3S/c1-16(30(15-32)14-20-13-28-17(2)29-24(20)27)23(10-11-31)34-25(33)21-9-8-19(12-22(21)26)18-6-4-3-5-7-18/h3-9,12-13,15,31,33-34H,10-11,14H2,1-2H3,(H2,27,28,29)/b23-16-. The molecule has 0 fully saturated rings.